The Kier molecular flexibility index (Phi) is 8.06. The lowest BCUT2D eigenvalue weighted by molar-refractivity contribution is -0.137. The number of aromatic nitrogens is 2. The van der Waals surface area contributed by atoms with Gasteiger partial charge in [-0.2, -0.15) is 0 Å². The number of nitrogens with zero attached hydrogens (tertiary/aromatic N) is 3. The molecule has 0 amide bonds. The van der Waals surface area contributed by atoms with Gasteiger partial charge in [0.05, 0.1) is 37.3 Å². The summed E-state index contributed by atoms with van der Waals surface area (Å²) in [6, 6.07) is 6.60. The minimum Gasteiger partial charge on any atom is -0.481 e. The van der Waals surface area contributed by atoms with Crippen molar-refractivity contribution >= 4 is 23.2 Å². The smallest absolute Gasteiger partial charge is 0.303 e. The quantitative estimate of drug-likeness (QED) is 0.581. The summed E-state index contributed by atoms with van der Waals surface area (Å²) < 4.78 is 10.7. The molecule has 1 saturated heterocycles. The lowest BCUT2D eigenvalue weighted by Gasteiger charge is -2.36. The van der Waals surface area contributed by atoms with Crippen LogP contribution in [0.4, 0.5) is 17.2 Å². The van der Waals surface area contributed by atoms with E-state index in [1.165, 1.54) is 0 Å². The minimum absolute atomic E-state index is 0.0489. The maximum Gasteiger partial charge on any atom is 0.303 e. The van der Waals surface area contributed by atoms with E-state index in [0.29, 0.717) is 17.7 Å². The molecule has 3 rings (SSSR count). The van der Waals surface area contributed by atoms with Gasteiger partial charge in [0.25, 0.3) is 0 Å². The van der Waals surface area contributed by atoms with E-state index in [2.05, 4.69) is 45.3 Å². The summed E-state index contributed by atoms with van der Waals surface area (Å²) in [6.07, 6.45) is 6.03. The lowest BCUT2D eigenvalue weighted by atomic mass is 9.92. The highest BCUT2D eigenvalue weighted by molar-refractivity contribution is 5.76. The lowest BCUT2D eigenvalue weighted by Crippen LogP contribution is -2.39. The van der Waals surface area contributed by atoms with Crippen LogP contribution in [-0.4, -0.2) is 54.0 Å². The van der Waals surface area contributed by atoms with Crippen LogP contribution in [0.25, 0.3) is 0 Å². The van der Waals surface area contributed by atoms with Crippen LogP contribution in [0.2, 0.25) is 0 Å². The molecule has 1 aromatic carbocycles. The normalized spacial score (nSPS) is 15.3. The van der Waals surface area contributed by atoms with Crippen molar-refractivity contribution in [2.45, 2.75) is 51.5 Å². The molecule has 8 nitrogen and oxygen atoms in total. The molecule has 1 aliphatic heterocycles. The van der Waals surface area contributed by atoms with Gasteiger partial charge in [0.1, 0.15) is 5.82 Å². The van der Waals surface area contributed by atoms with Crippen LogP contribution in [0.5, 0.6) is 5.88 Å². The molecule has 0 radical (unpaired) electrons. The molecule has 2 aromatic rings. The first-order valence-corrected chi connectivity index (χ1v) is 10.9. The highest BCUT2D eigenvalue weighted by atomic mass is 16.5. The van der Waals surface area contributed by atoms with Gasteiger partial charge < -0.3 is 24.8 Å². The number of methoxy groups -OCH3 is 1. The molecular formula is C23H32N4O4. The van der Waals surface area contributed by atoms with Gasteiger partial charge in [0.15, 0.2) is 0 Å². The third-order valence-electron chi connectivity index (χ3n) is 5.79. The van der Waals surface area contributed by atoms with Gasteiger partial charge >= 0.3 is 5.97 Å². The highest BCUT2D eigenvalue weighted by Gasteiger charge is 2.24. The number of aliphatic carboxylic acids is 1. The Bertz CT molecular complexity index is 853. The van der Waals surface area contributed by atoms with Gasteiger partial charge in [-0.25, -0.2) is 9.97 Å². The van der Waals surface area contributed by atoms with Gasteiger partial charge in [-0.3, -0.25) is 4.79 Å². The van der Waals surface area contributed by atoms with Crippen molar-refractivity contribution in [1.29, 1.82) is 0 Å². The molecule has 31 heavy (non-hydrogen) atoms. The number of anilines is 3. The SMILES string of the molecule is CCC(CC(=O)O)c1ccc(N(CC)C2CCOCC2)c(Nc2cnc(OC)cn2)c1. The molecule has 1 unspecified atom stereocenters. The number of ether oxygens (including phenoxy) is 2. The summed E-state index contributed by atoms with van der Waals surface area (Å²) in [5.41, 5.74) is 2.97. The van der Waals surface area contributed by atoms with E-state index in [-0.39, 0.29) is 12.3 Å². The van der Waals surface area contributed by atoms with Crippen LogP contribution < -0.4 is 15.0 Å². The first-order chi connectivity index (χ1) is 15.0. The zero-order valence-corrected chi connectivity index (χ0v) is 18.5. The first-order valence-electron chi connectivity index (χ1n) is 10.9. The van der Waals surface area contributed by atoms with E-state index in [1.54, 1.807) is 19.5 Å². The van der Waals surface area contributed by atoms with Crippen molar-refractivity contribution in [3.05, 3.63) is 36.2 Å². The molecule has 168 valence electrons. The molecule has 1 aromatic heterocycles. The van der Waals surface area contributed by atoms with Crippen molar-refractivity contribution in [3.8, 4) is 5.88 Å². The van der Waals surface area contributed by atoms with E-state index in [0.717, 1.165) is 56.0 Å². The predicted octanol–water partition coefficient (Wildman–Crippen LogP) is 4.20. The van der Waals surface area contributed by atoms with Crippen LogP contribution in [0.15, 0.2) is 30.6 Å². The average Bonchev–Trinajstić information content (AvgIpc) is 2.80. The monoisotopic (exact) mass is 428 g/mol. The molecule has 0 saturated carbocycles. The Balaban J connectivity index is 1.97. The third kappa shape index (κ3) is 5.85. The number of rotatable bonds is 10. The second-order valence-electron chi connectivity index (χ2n) is 7.68. The number of nitrogens with one attached hydrogen (secondary N) is 1. The van der Waals surface area contributed by atoms with Crippen molar-refractivity contribution in [2.75, 3.05) is 37.1 Å². The zero-order chi connectivity index (χ0) is 22.2. The summed E-state index contributed by atoms with van der Waals surface area (Å²) in [4.78, 5) is 22.4. The maximum absolute atomic E-state index is 11.3. The molecular weight excluding hydrogens is 396 g/mol. The molecule has 8 heteroatoms. The number of carboxylic acid groups (broad SMARTS) is 1. The van der Waals surface area contributed by atoms with E-state index >= 15 is 0 Å². The fourth-order valence-electron chi connectivity index (χ4n) is 4.11. The number of carbonyl (C=O) groups is 1. The fourth-order valence-corrected chi connectivity index (χ4v) is 4.11. The van der Waals surface area contributed by atoms with Gasteiger partial charge in [0, 0.05) is 25.8 Å². The summed E-state index contributed by atoms with van der Waals surface area (Å²) in [6.45, 7) is 6.56. The highest BCUT2D eigenvalue weighted by Crippen LogP contribution is 2.36. The maximum atomic E-state index is 11.3. The summed E-state index contributed by atoms with van der Waals surface area (Å²) in [5.74, 6) is 0.217. The largest absolute Gasteiger partial charge is 0.481 e. The molecule has 0 spiro atoms. The zero-order valence-electron chi connectivity index (χ0n) is 18.5. The van der Waals surface area contributed by atoms with Crippen LogP contribution >= 0.6 is 0 Å². The Labute approximate surface area is 183 Å². The summed E-state index contributed by atoms with van der Waals surface area (Å²) in [7, 11) is 1.55. The number of benzene rings is 1. The van der Waals surface area contributed by atoms with Gasteiger partial charge in [-0.15, -0.1) is 0 Å². The molecule has 1 aliphatic rings. The fraction of sp³-hybridized carbons (Fsp3) is 0.522. The van der Waals surface area contributed by atoms with E-state index in [9.17, 15) is 9.90 Å². The number of hydrogen-bond donors (Lipinski definition) is 2. The topological polar surface area (TPSA) is 96.8 Å². The standard InChI is InChI=1S/C23H32N4O4/c1-4-16(13-23(28)29)17-6-7-20(27(5-2)18-8-10-31-11-9-18)19(12-17)26-21-14-25-22(30-3)15-24-21/h6-7,12,14-16,18H,4-5,8-11,13H2,1-3H3,(H,24,26)(H,28,29). The van der Waals surface area contributed by atoms with E-state index in [4.69, 9.17) is 9.47 Å². The Morgan fingerprint density at radius 1 is 1.29 bits per heavy atom. The minimum atomic E-state index is -0.788. The van der Waals surface area contributed by atoms with Crippen molar-refractivity contribution in [2.24, 2.45) is 0 Å². The van der Waals surface area contributed by atoms with Crippen LogP contribution in [0, 0.1) is 0 Å². The molecule has 1 fully saturated rings. The van der Waals surface area contributed by atoms with Crippen LogP contribution in [0.1, 0.15) is 51.0 Å². The number of hydrogen-bond acceptors (Lipinski definition) is 7. The molecule has 2 heterocycles. The Morgan fingerprint density at radius 3 is 2.65 bits per heavy atom. The van der Waals surface area contributed by atoms with Gasteiger partial charge in [0.2, 0.25) is 5.88 Å². The van der Waals surface area contributed by atoms with Gasteiger partial charge in [-0.1, -0.05) is 13.0 Å². The van der Waals surface area contributed by atoms with E-state index in [1.807, 2.05) is 6.92 Å². The van der Waals surface area contributed by atoms with Crippen LogP contribution in [-0.2, 0) is 9.53 Å². The molecule has 0 aliphatic carbocycles. The Hall–Kier alpha value is -2.87. The van der Waals surface area contributed by atoms with Crippen molar-refractivity contribution in [3.63, 3.8) is 0 Å². The molecule has 1 atom stereocenters. The average molecular weight is 429 g/mol. The van der Waals surface area contributed by atoms with Gasteiger partial charge in [-0.05, 0) is 49.8 Å². The third-order valence-corrected chi connectivity index (χ3v) is 5.79. The second kappa shape index (κ2) is 10.9. The van der Waals surface area contributed by atoms with Crippen molar-refractivity contribution < 1.29 is 19.4 Å². The predicted molar refractivity (Wildman–Crippen MR) is 120 cm³/mol. The second-order valence-corrected chi connectivity index (χ2v) is 7.68. The van der Waals surface area contributed by atoms with E-state index < -0.39 is 5.97 Å². The summed E-state index contributed by atoms with van der Waals surface area (Å²) in [5, 5.41) is 12.7. The molecule has 2 N–H and O–H groups in total. The first kappa shape index (κ1) is 22.8. The summed E-state index contributed by atoms with van der Waals surface area (Å²) >= 11 is 0. The number of carboxylic acids is 1. The van der Waals surface area contributed by atoms with Crippen molar-refractivity contribution in [1.82, 2.24) is 9.97 Å². The van der Waals surface area contributed by atoms with Crippen LogP contribution in [0.3, 0.4) is 0 Å². The Morgan fingerprint density at radius 2 is 2.06 bits per heavy atom. The molecule has 0 bridgehead atoms.